The van der Waals surface area contributed by atoms with E-state index in [0.29, 0.717) is 5.02 Å². The van der Waals surface area contributed by atoms with E-state index in [0.717, 1.165) is 21.3 Å². The highest BCUT2D eigenvalue weighted by atomic mass is 79.9. The second-order valence-electron chi connectivity index (χ2n) is 6.32. The number of hydrogen-bond acceptors (Lipinski definition) is 1. The van der Waals surface area contributed by atoms with Gasteiger partial charge >= 0.3 is 0 Å². The number of benzene rings is 3. The molecule has 2 nitrogen and oxygen atoms in total. The summed E-state index contributed by atoms with van der Waals surface area (Å²) in [7, 11) is 1.78. The van der Waals surface area contributed by atoms with Gasteiger partial charge in [-0.1, -0.05) is 72.3 Å². The third kappa shape index (κ3) is 3.42. The molecule has 0 aliphatic heterocycles. The highest BCUT2D eigenvalue weighted by molar-refractivity contribution is 9.10. The quantitative estimate of drug-likeness (QED) is 0.494. The number of carbonyl (C=O) groups excluding carboxylic acids is 1. The molecule has 1 amide bonds. The van der Waals surface area contributed by atoms with E-state index in [-0.39, 0.29) is 5.91 Å². The lowest BCUT2D eigenvalue weighted by Gasteiger charge is -2.34. The summed E-state index contributed by atoms with van der Waals surface area (Å²) in [6, 6.07) is 25.1. The maximum absolute atomic E-state index is 13.7. The zero-order chi connectivity index (χ0) is 18.7. The fourth-order valence-corrected chi connectivity index (χ4v) is 3.82. The van der Waals surface area contributed by atoms with Crippen molar-refractivity contribution in [2.75, 3.05) is 11.9 Å². The van der Waals surface area contributed by atoms with E-state index in [4.69, 9.17) is 11.6 Å². The standard InChI is InChI=1S/C22H19BrClNO/c1-22(16-9-5-3-6-10-16,17-11-7-4-8-12-17)21(26)25(2)20-15-18(24)13-14-19(20)23/h3-15H,1-2H3. The lowest BCUT2D eigenvalue weighted by atomic mass is 9.75. The summed E-state index contributed by atoms with van der Waals surface area (Å²) in [5.41, 5.74) is 1.81. The van der Waals surface area contributed by atoms with Gasteiger partial charge in [0.15, 0.2) is 0 Å². The van der Waals surface area contributed by atoms with Crippen molar-refractivity contribution >= 4 is 39.1 Å². The summed E-state index contributed by atoms with van der Waals surface area (Å²) in [6.45, 7) is 1.97. The Morgan fingerprint density at radius 1 is 0.923 bits per heavy atom. The average Bonchev–Trinajstić information content (AvgIpc) is 2.69. The molecule has 0 atom stereocenters. The minimum atomic E-state index is -0.820. The van der Waals surface area contributed by atoms with Gasteiger partial charge in [-0.25, -0.2) is 0 Å². The predicted molar refractivity (Wildman–Crippen MR) is 112 cm³/mol. The van der Waals surface area contributed by atoms with E-state index >= 15 is 0 Å². The van der Waals surface area contributed by atoms with Crippen LogP contribution in [0.25, 0.3) is 0 Å². The third-order valence-corrected chi connectivity index (χ3v) is 5.61. The molecule has 0 aromatic heterocycles. The second kappa shape index (κ2) is 7.65. The van der Waals surface area contributed by atoms with Crippen LogP contribution in [0.15, 0.2) is 83.3 Å². The van der Waals surface area contributed by atoms with Crippen LogP contribution in [0.1, 0.15) is 18.1 Å². The molecule has 3 aromatic carbocycles. The molecule has 0 aliphatic carbocycles. The molecule has 0 heterocycles. The Morgan fingerprint density at radius 3 is 1.92 bits per heavy atom. The van der Waals surface area contributed by atoms with Crippen LogP contribution in [0.5, 0.6) is 0 Å². The second-order valence-corrected chi connectivity index (χ2v) is 7.61. The lowest BCUT2D eigenvalue weighted by Crippen LogP contribution is -2.44. The van der Waals surface area contributed by atoms with Crippen molar-refractivity contribution in [2.45, 2.75) is 12.3 Å². The van der Waals surface area contributed by atoms with Crippen molar-refractivity contribution in [2.24, 2.45) is 0 Å². The zero-order valence-electron chi connectivity index (χ0n) is 14.6. The summed E-state index contributed by atoms with van der Waals surface area (Å²) < 4.78 is 0.821. The van der Waals surface area contributed by atoms with Gasteiger partial charge in [-0.2, -0.15) is 0 Å². The molecule has 132 valence electrons. The Morgan fingerprint density at radius 2 is 1.42 bits per heavy atom. The van der Waals surface area contributed by atoms with Gasteiger partial charge in [-0.15, -0.1) is 0 Å². The molecule has 3 rings (SSSR count). The Labute approximate surface area is 167 Å². The Hall–Kier alpha value is -2.10. The summed E-state index contributed by atoms with van der Waals surface area (Å²) in [5.74, 6) is -0.0298. The number of likely N-dealkylation sites (N-methyl/N-ethyl adjacent to an activating group) is 1. The molecule has 0 radical (unpaired) electrons. The highest BCUT2D eigenvalue weighted by Gasteiger charge is 2.39. The molecule has 0 unspecified atom stereocenters. The molecule has 0 aliphatic rings. The fraction of sp³-hybridized carbons (Fsp3) is 0.136. The van der Waals surface area contributed by atoms with Crippen LogP contribution in [0.4, 0.5) is 5.69 Å². The van der Waals surface area contributed by atoms with E-state index in [9.17, 15) is 4.79 Å². The van der Waals surface area contributed by atoms with Crippen LogP contribution in [-0.4, -0.2) is 13.0 Å². The topological polar surface area (TPSA) is 20.3 Å². The van der Waals surface area contributed by atoms with E-state index in [1.165, 1.54) is 0 Å². The third-order valence-electron chi connectivity index (χ3n) is 4.70. The van der Waals surface area contributed by atoms with Gasteiger partial charge in [0.2, 0.25) is 5.91 Å². The molecule has 3 aromatic rings. The zero-order valence-corrected chi connectivity index (χ0v) is 17.0. The van der Waals surface area contributed by atoms with Gasteiger partial charge in [-0.05, 0) is 52.2 Å². The lowest BCUT2D eigenvalue weighted by molar-refractivity contribution is -0.122. The van der Waals surface area contributed by atoms with E-state index in [2.05, 4.69) is 15.9 Å². The summed E-state index contributed by atoms with van der Waals surface area (Å²) in [6.07, 6.45) is 0. The molecule has 0 saturated heterocycles. The van der Waals surface area contributed by atoms with Crippen molar-refractivity contribution in [3.05, 3.63) is 99.5 Å². The largest absolute Gasteiger partial charge is 0.313 e. The van der Waals surface area contributed by atoms with Gasteiger partial charge in [0.1, 0.15) is 0 Å². The maximum atomic E-state index is 13.7. The molecular weight excluding hydrogens is 410 g/mol. The van der Waals surface area contributed by atoms with Gasteiger partial charge in [0.25, 0.3) is 0 Å². The molecule has 0 fully saturated rings. The molecule has 0 bridgehead atoms. The predicted octanol–water partition coefficient (Wildman–Crippen LogP) is 6.07. The summed E-state index contributed by atoms with van der Waals surface area (Å²) >= 11 is 9.68. The first-order valence-corrected chi connectivity index (χ1v) is 9.46. The summed E-state index contributed by atoms with van der Waals surface area (Å²) in [5, 5.41) is 0.587. The molecule has 26 heavy (non-hydrogen) atoms. The van der Waals surface area contributed by atoms with Gasteiger partial charge < -0.3 is 4.90 Å². The average molecular weight is 429 g/mol. The van der Waals surface area contributed by atoms with E-state index < -0.39 is 5.41 Å². The minimum Gasteiger partial charge on any atom is -0.313 e. The van der Waals surface area contributed by atoms with Gasteiger partial charge in [0, 0.05) is 16.5 Å². The molecule has 0 spiro atoms. The fourth-order valence-electron chi connectivity index (χ4n) is 3.14. The summed E-state index contributed by atoms with van der Waals surface area (Å²) in [4.78, 5) is 15.4. The monoisotopic (exact) mass is 427 g/mol. The molecule has 4 heteroatoms. The Balaban J connectivity index is 2.13. The van der Waals surface area contributed by atoms with Crippen LogP contribution in [0.2, 0.25) is 5.02 Å². The van der Waals surface area contributed by atoms with Crippen molar-refractivity contribution in [1.29, 1.82) is 0 Å². The first-order valence-electron chi connectivity index (χ1n) is 8.29. The number of halogens is 2. The molecule has 0 saturated carbocycles. The SMILES string of the molecule is CN(C(=O)C(C)(c1ccccc1)c1ccccc1)c1cc(Cl)ccc1Br. The van der Waals surface area contributed by atoms with Crippen LogP contribution in [0.3, 0.4) is 0 Å². The minimum absolute atomic E-state index is 0.0298. The van der Waals surface area contributed by atoms with Crippen LogP contribution in [0, 0.1) is 0 Å². The van der Waals surface area contributed by atoms with Crippen LogP contribution < -0.4 is 4.90 Å². The van der Waals surface area contributed by atoms with E-state index in [1.54, 1.807) is 24.1 Å². The number of rotatable bonds is 4. The van der Waals surface area contributed by atoms with Gasteiger partial charge in [-0.3, -0.25) is 4.79 Å². The first kappa shape index (κ1) is 18.7. The van der Waals surface area contributed by atoms with Crippen molar-refractivity contribution in [3.63, 3.8) is 0 Å². The normalized spacial score (nSPS) is 11.2. The number of anilines is 1. The number of nitrogens with zero attached hydrogens (tertiary/aromatic N) is 1. The highest BCUT2D eigenvalue weighted by Crippen LogP contribution is 2.37. The Bertz CT molecular complexity index is 872. The molecule has 0 N–H and O–H groups in total. The smallest absolute Gasteiger partial charge is 0.241 e. The maximum Gasteiger partial charge on any atom is 0.241 e. The van der Waals surface area contributed by atoms with Gasteiger partial charge in [0.05, 0.1) is 11.1 Å². The number of carbonyl (C=O) groups is 1. The number of amides is 1. The van der Waals surface area contributed by atoms with Crippen molar-refractivity contribution < 1.29 is 4.79 Å². The van der Waals surface area contributed by atoms with Crippen molar-refractivity contribution in [3.8, 4) is 0 Å². The first-order chi connectivity index (χ1) is 12.4. The van der Waals surface area contributed by atoms with Crippen LogP contribution in [-0.2, 0) is 10.2 Å². The Kier molecular flexibility index (Phi) is 5.49. The molecular formula is C22H19BrClNO. The van der Waals surface area contributed by atoms with Crippen LogP contribution >= 0.6 is 27.5 Å². The number of hydrogen-bond donors (Lipinski definition) is 0. The van der Waals surface area contributed by atoms with Crippen molar-refractivity contribution in [1.82, 2.24) is 0 Å². The van der Waals surface area contributed by atoms with E-state index in [1.807, 2.05) is 73.7 Å².